The largest absolute Gasteiger partial charge is 1.00 e. The molecule has 3 rings (SSSR count). The van der Waals surface area contributed by atoms with Crippen molar-refractivity contribution in [2.45, 2.75) is 20.0 Å². The van der Waals surface area contributed by atoms with Gasteiger partial charge >= 0.3 is 25.0 Å². The Morgan fingerprint density at radius 1 is 1.04 bits per heavy atom. The van der Waals surface area contributed by atoms with Crippen LogP contribution in [-0.4, -0.2) is 9.55 Å². The van der Waals surface area contributed by atoms with E-state index in [0.717, 1.165) is 34.5 Å². The minimum Gasteiger partial charge on any atom is -0.367 e. The molecule has 1 heterocycles. The zero-order chi connectivity index (χ0) is 17.5. The normalized spacial score (nSPS) is 11.3. The number of halogens is 3. The van der Waals surface area contributed by atoms with Crippen LogP contribution in [0.2, 0.25) is 0 Å². The second-order valence-electron chi connectivity index (χ2n) is 5.78. The van der Waals surface area contributed by atoms with Crippen molar-refractivity contribution in [1.29, 1.82) is 0 Å². The van der Waals surface area contributed by atoms with Gasteiger partial charge in [-0.3, -0.25) is 4.98 Å². The Morgan fingerprint density at radius 2 is 1.68 bits per heavy atom. The van der Waals surface area contributed by atoms with Gasteiger partial charge in [-0.05, 0) is 30.5 Å². The first-order valence-electron chi connectivity index (χ1n) is 7.46. The molecular weight excluding hydrogens is 320 g/mol. The quantitative estimate of drug-likeness (QED) is 0.518. The van der Waals surface area contributed by atoms with Crippen molar-refractivity contribution < 1.29 is 32.0 Å². The van der Waals surface area contributed by atoms with Gasteiger partial charge < -0.3 is 4.57 Å². The summed E-state index contributed by atoms with van der Waals surface area (Å²) in [6.45, 7) is 4.05. The van der Waals surface area contributed by atoms with Gasteiger partial charge in [0, 0.05) is 18.8 Å². The molecule has 0 fully saturated rings. The first-order chi connectivity index (χ1) is 11.3. The van der Waals surface area contributed by atoms with Crippen molar-refractivity contribution in [1.82, 2.24) is 9.55 Å². The summed E-state index contributed by atoms with van der Waals surface area (Å²) in [5, 5.41) is 0. The molecule has 0 saturated carbocycles. The smallest absolute Gasteiger partial charge is 0.367 e. The van der Waals surface area contributed by atoms with Crippen LogP contribution in [-0.2, 0) is 13.2 Å². The third-order valence-electron chi connectivity index (χ3n) is 4.11. The van der Waals surface area contributed by atoms with Crippen LogP contribution in [0, 0.1) is 19.9 Å². The fourth-order valence-electron chi connectivity index (χ4n) is 2.85. The standard InChI is InChI=1S/C19H16F3N2.Li/c1-12-5-4-6-13(2)17(12)16-11-23-18(24(16)3)14-7-9-15(10-8-14)19(20,21)22;/h4-7,9-11H,1-3H3;/q-1;+1. The third kappa shape index (κ3) is 3.68. The predicted octanol–water partition coefficient (Wildman–Crippen LogP) is 2.19. The Balaban J connectivity index is 0.00000225. The summed E-state index contributed by atoms with van der Waals surface area (Å²) >= 11 is 0. The fourth-order valence-corrected chi connectivity index (χ4v) is 2.85. The van der Waals surface area contributed by atoms with E-state index >= 15 is 0 Å². The van der Waals surface area contributed by atoms with Crippen LogP contribution in [0.15, 0.2) is 42.6 Å². The molecule has 0 bridgehead atoms. The number of alkyl halides is 3. The molecule has 0 amide bonds. The van der Waals surface area contributed by atoms with E-state index in [1.807, 2.05) is 43.7 Å². The van der Waals surface area contributed by atoms with Crippen molar-refractivity contribution >= 4 is 0 Å². The third-order valence-corrected chi connectivity index (χ3v) is 4.11. The Kier molecular flexibility index (Phi) is 5.51. The van der Waals surface area contributed by atoms with E-state index in [2.05, 4.69) is 11.1 Å². The van der Waals surface area contributed by atoms with Gasteiger partial charge in [0.25, 0.3) is 0 Å². The molecule has 0 radical (unpaired) electrons. The molecule has 0 unspecified atom stereocenters. The molecule has 3 aromatic rings. The number of rotatable bonds is 2. The molecule has 0 saturated heterocycles. The number of imidazole rings is 1. The van der Waals surface area contributed by atoms with E-state index < -0.39 is 11.7 Å². The summed E-state index contributed by atoms with van der Waals surface area (Å²) in [5.74, 6) is 0.585. The second-order valence-corrected chi connectivity index (χ2v) is 5.78. The molecule has 0 aliphatic heterocycles. The van der Waals surface area contributed by atoms with Crippen molar-refractivity contribution in [3.8, 4) is 22.6 Å². The number of hydrogen-bond donors (Lipinski definition) is 0. The molecule has 0 aliphatic carbocycles. The van der Waals surface area contributed by atoms with Gasteiger partial charge in [0.15, 0.2) is 0 Å². The van der Waals surface area contributed by atoms with Crippen molar-refractivity contribution in [3.63, 3.8) is 0 Å². The Bertz CT molecular complexity index is 860. The average Bonchev–Trinajstić information content (AvgIpc) is 2.88. The maximum atomic E-state index is 12.7. The van der Waals surface area contributed by atoms with Gasteiger partial charge in [-0.1, -0.05) is 18.2 Å². The predicted molar refractivity (Wildman–Crippen MR) is 87.4 cm³/mol. The molecule has 25 heavy (non-hydrogen) atoms. The minimum atomic E-state index is -4.36. The zero-order valence-corrected chi connectivity index (χ0v) is 14.6. The Labute approximate surface area is 156 Å². The number of hydrogen-bond acceptors (Lipinski definition) is 1. The molecular formula is C19H16F3LiN2. The van der Waals surface area contributed by atoms with E-state index in [9.17, 15) is 13.2 Å². The maximum Gasteiger partial charge on any atom is 1.00 e. The van der Waals surface area contributed by atoms with Gasteiger partial charge in [0.1, 0.15) is 0 Å². The number of aryl methyl sites for hydroxylation is 2. The van der Waals surface area contributed by atoms with Crippen molar-refractivity contribution in [2.24, 2.45) is 7.05 Å². The van der Waals surface area contributed by atoms with E-state index in [1.165, 1.54) is 6.07 Å². The van der Waals surface area contributed by atoms with Crippen LogP contribution in [0.25, 0.3) is 22.6 Å². The molecule has 2 aromatic carbocycles. The summed E-state index contributed by atoms with van der Waals surface area (Å²) in [5.41, 5.74) is 4.08. The van der Waals surface area contributed by atoms with Gasteiger partial charge in [0.2, 0.25) is 0 Å². The van der Waals surface area contributed by atoms with Gasteiger partial charge in [-0.15, -0.1) is 29.8 Å². The summed E-state index contributed by atoms with van der Waals surface area (Å²) in [6, 6.07) is 12.2. The fraction of sp³-hybridized carbons (Fsp3) is 0.211. The molecule has 0 atom stereocenters. The molecule has 2 nitrogen and oxygen atoms in total. The molecule has 0 aliphatic rings. The van der Waals surface area contributed by atoms with E-state index in [0.29, 0.717) is 11.4 Å². The topological polar surface area (TPSA) is 17.8 Å². The Hall–Kier alpha value is -1.96. The number of nitrogens with zero attached hydrogens (tertiary/aromatic N) is 2. The zero-order valence-electron chi connectivity index (χ0n) is 14.6. The Morgan fingerprint density at radius 3 is 2.20 bits per heavy atom. The second kappa shape index (κ2) is 7.11. The van der Waals surface area contributed by atoms with Crippen molar-refractivity contribution in [2.75, 3.05) is 0 Å². The van der Waals surface area contributed by atoms with Crippen LogP contribution >= 0.6 is 0 Å². The summed E-state index contributed by atoms with van der Waals surface area (Å²) in [7, 11) is 1.86. The minimum absolute atomic E-state index is 0. The van der Waals surface area contributed by atoms with Crippen LogP contribution in [0.1, 0.15) is 16.7 Å². The van der Waals surface area contributed by atoms with Crippen LogP contribution < -0.4 is 18.9 Å². The summed E-state index contributed by atoms with van der Waals surface area (Å²) in [6.07, 6.45) is -2.61. The van der Waals surface area contributed by atoms with E-state index in [-0.39, 0.29) is 18.9 Å². The molecule has 0 N–H and O–H groups in total. The molecule has 124 valence electrons. The number of benzene rings is 2. The summed E-state index contributed by atoms with van der Waals surface area (Å²) < 4.78 is 39.9. The van der Waals surface area contributed by atoms with Crippen LogP contribution in [0.4, 0.5) is 13.2 Å². The van der Waals surface area contributed by atoms with E-state index in [4.69, 9.17) is 0 Å². The maximum absolute atomic E-state index is 12.7. The van der Waals surface area contributed by atoms with Gasteiger partial charge in [0.05, 0.1) is 11.5 Å². The molecule has 6 heteroatoms. The van der Waals surface area contributed by atoms with Crippen LogP contribution in [0.3, 0.4) is 0 Å². The first kappa shape index (κ1) is 19.4. The average molecular weight is 336 g/mol. The van der Waals surface area contributed by atoms with Crippen molar-refractivity contribution in [3.05, 3.63) is 65.4 Å². The first-order valence-corrected chi connectivity index (χ1v) is 7.46. The van der Waals surface area contributed by atoms with E-state index in [1.54, 1.807) is 6.20 Å². The SMILES string of the molecule is Cc1cccc(C)c1-c1cnc(-c2[c-]cc(C(F)(F)F)cc2)n1C.[Li+]. The molecule has 0 spiro atoms. The monoisotopic (exact) mass is 336 g/mol. The van der Waals surface area contributed by atoms with Gasteiger partial charge in [-0.2, -0.15) is 13.2 Å². The number of aromatic nitrogens is 2. The van der Waals surface area contributed by atoms with Gasteiger partial charge in [-0.25, -0.2) is 0 Å². The van der Waals surface area contributed by atoms with Crippen LogP contribution in [0.5, 0.6) is 0 Å². The summed E-state index contributed by atoms with van der Waals surface area (Å²) in [4.78, 5) is 4.39. The molecule has 1 aromatic heterocycles.